The van der Waals surface area contributed by atoms with Crippen LogP contribution in [0.5, 0.6) is 5.75 Å². The molecule has 39 heavy (non-hydrogen) atoms. The number of aromatic hydroxyl groups is 1. The van der Waals surface area contributed by atoms with E-state index >= 15 is 0 Å². The highest BCUT2D eigenvalue weighted by atomic mass is 19.4. The quantitative estimate of drug-likeness (QED) is 0.280. The number of alkyl halides is 3. The molecule has 1 N–H and O–H groups in total. The Morgan fingerprint density at radius 1 is 0.923 bits per heavy atom. The molecule has 0 unspecified atom stereocenters. The molecule has 0 radical (unpaired) electrons. The molecule has 200 valence electrons. The van der Waals surface area contributed by atoms with Crippen LogP contribution in [-0.2, 0) is 10.9 Å². The number of esters is 1. The molecule has 0 bridgehead atoms. The minimum absolute atomic E-state index is 0.0113. The first-order chi connectivity index (χ1) is 18.6. The van der Waals surface area contributed by atoms with Crippen molar-refractivity contribution in [1.29, 1.82) is 0 Å². The van der Waals surface area contributed by atoms with Crippen LogP contribution in [0.4, 0.5) is 18.9 Å². The van der Waals surface area contributed by atoms with Crippen molar-refractivity contribution in [1.82, 2.24) is 4.90 Å². The summed E-state index contributed by atoms with van der Waals surface area (Å²) in [5.74, 6) is 4.42. The number of anilines is 1. The van der Waals surface area contributed by atoms with Gasteiger partial charge in [-0.05, 0) is 60.7 Å². The average Bonchev–Trinajstić information content (AvgIpc) is 2.94. The van der Waals surface area contributed by atoms with Crippen LogP contribution in [0.1, 0.15) is 37.4 Å². The maximum atomic E-state index is 13.6. The fraction of sp³-hybridized carbons (Fsp3) is 0.200. The molecule has 1 aliphatic rings. The van der Waals surface area contributed by atoms with E-state index in [9.17, 15) is 27.9 Å². The molecule has 0 atom stereocenters. The number of ether oxygens (including phenoxy) is 1. The number of rotatable bonds is 5. The van der Waals surface area contributed by atoms with Crippen molar-refractivity contribution < 1.29 is 32.6 Å². The third-order valence-corrected chi connectivity index (χ3v) is 6.07. The Bertz CT molecular complexity index is 1430. The summed E-state index contributed by atoms with van der Waals surface area (Å²) < 4.78 is 45.8. The summed E-state index contributed by atoms with van der Waals surface area (Å²) in [5.41, 5.74) is 0.674. The SMILES string of the molecule is C=CCOC(=O)c1ccc(N2CCN(C(=O)c3cc(C#Cc4cccc(O)c4)cc(C(F)(F)F)c3)CC2)cc1. The number of nitrogens with zero attached hydrogens (tertiary/aromatic N) is 2. The van der Waals surface area contributed by atoms with Crippen LogP contribution in [0, 0.1) is 11.8 Å². The monoisotopic (exact) mass is 534 g/mol. The zero-order valence-electron chi connectivity index (χ0n) is 20.9. The lowest BCUT2D eigenvalue weighted by Crippen LogP contribution is -2.48. The molecule has 1 aliphatic heterocycles. The topological polar surface area (TPSA) is 70.1 Å². The number of hydrogen-bond acceptors (Lipinski definition) is 5. The van der Waals surface area contributed by atoms with Crippen LogP contribution in [0.3, 0.4) is 0 Å². The van der Waals surface area contributed by atoms with E-state index < -0.39 is 23.6 Å². The molecule has 1 heterocycles. The van der Waals surface area contributed by atoms with Crippen LogP contribution in [0.2, 0.25) is 0 Å². The van der Waals surface area contributed by atoms with Gasteiger partial charge in [-0.3, -0.25) is 4.79 Å². The Morgan fingerprint density at radius 2 is 1.62 bits per heavy atom. The molecular formula is C30H25F3N2O4. The maximum absolute atomic E-state index is 13.6. The van der Waals surface area contributed by atoms with E-state index in [1.165, 1.54) is 29.2 Å². The summed E-state index contributed by atoms with van der Waals surface area (Å²) in [6.45, 7) is 5.18. The molecule has 6 nitrogen and oxygen atoms in total. The van der Waals surface area contributed by atoms with Crippen LogP contribution in [0.25, 0.3) is 0 Å². The van der Waals surface area contributed by atoms with Crippen molar-refractivity contribution in [3.63, 3.8) is 0 Å². The standard InChI is InChI=1S/C30H25F3N2O4/c1-2-16-39-29(38)23-8-10-26(11-9-23)34-12-14-35(15-13-34)28(37)24-17-22(18-25(20-24)30(31,32)33)7-6-21-4-3-5-27(36)19-21/h2-5,8-11,17-20,36H,1,12-16H2. The number of amides is 1. The average molecular weight is 535 g/mol. The molecule has 9 heteroatoms. The Morgan fingerprint density at radius 3 is 2.26 bits per heavy atom. The van der Waals surface area contributed by atoms with E-state index in [1.54, 1.807) is 36.4 Å². The molecule has 1 fully saturated rings. The van der Waals surface area contributed by atoms with Crippen molar-refractivity contribution in [2.75, 3.05) is 37.7 Å². The molecule has 3 aromatic rings. The van der Waals surface area contributed by atoms with Crippen molar-refractivity contribution in [2.24, 2.45) is 0 Å². The third kappa shape index (κ3) is 6.99. The van der Waals surface area contributed by atoms with Crippen molar-refractivity contribution >= 4 is 17.6 Å². The minimum Gasteiger partial charge on any atom is -0.508 e. The molecular weight excluding hydrogens is 509 g/mol. The zero-order chi connectivity index (χ0) is 28.0. The fourth-order valence-corrected chi connectivity index (χ4v) is 4.09. The van der Waals surface area contributed by atoms with Gasteiger partial charge in [0, 0.05) is 48.6 Å². The van der Waals surface area contributed by atoms with Gasteiger partial charge in [-0.25, -0.2) is 4.79 Å². The summed E-state index contributed by atoms with van der Waals surface area (Å²) in [7, 11) is 0. The number of phenolic OH excluding ortho intramolecular Hbond substituents is 1. The van der Waals surface area contributed by atoms with Gasteiger partial charge in [-0.2, -0.15) is 13.2 Å². The second-order valence-electron chi connectivity index (χ2n) is 8.81. The van der Waals surface area contributed by atoms with E-state index in [0.29, 0.717) is 37.3 Å². The van der Waals surface area contributed by atoms with E-state index in [2.05, 4.69) is 18.4 Å². The lowest BCUT2D eigenvalue weighted by atomic mass is 10.0. The second-order valence-corrected chi connectivity index (χ2v) is 8.81. The second kappa shape index (κ2) is 11.8. The predicted molar refractivity (Wildman–Crippen MR) is 141 cm³/mol. The van der Waals surface area contributed by atoms with Gasteiger partial charge in [0.15, 0.2) is 0 Å². The van der Waals surface area contributed by atoms with Crippen LogP contribution >= 0.6 is 0 Å². The molecule has 1 saturated heterocycles. The van der Waals surface area contributed by atoms with Crippen molar-refractivity contribution in [3.05, 3.63) is 107 Å². The smallest absolute Gasteiger partial charge is 0.416 e. The molecule has 0 spiro atoms. The van der Waals surface area contributed by atoms with E-state index in [1.807, 2.05) is 4.90 Å². The molecule has 0 aromatic heterocycles. The Kier molecular flexibility index (Phi) is 8.25. The largest absolute Gasteiger partial charge is 0.508 e. The number of hydrogen-bond donors (Lipinski definition) is 1. The normalized spacial score (nSPS) is 13.3. The highest BCUT2D eigenvalue weighted by Crippen LogP contribution is 2.31. The molecule has 3 aromatic carbocycles. The summed E-state index contributed by atoms with van der Waals surface area (Å²) in [4.78, 5) is 28.7. The third-order valence-electron chi connectivity index (χ3n) is 6.07. The maximum Gasteiger partial charge on any atom is 0.416 e. The van der Waals surface area contributed by atoms with Gasteiger partial charge in [-0.15, -0.1) is 0 Å². The summed E-state index contributed by atoms with van der Waals surface area (Å²) >= 11 is 0. The van der Waals surface area contributed by atoms with Crippen LogP contribution < -0.4 is 4.90 Å². The first-order valence-electron chi connectivity index (χ1n) is 12.1. The summed E-state index contributed by atoms with van der Waals surface area (Å²) in [6, 6.07) is 16.0. The number of halogens is 3. The highest BCUT2D eigenvalue weighted by Gasteiger charge is 2.32. The Labute approximate surface area is 223 Å². The van der Waals surface area contributed by atoms with E-state index in [-0.39, 0.29) is 23.5 Å². The number of phenols is 1. The first kappa shape index (κ1) is 27.3. The lowest BCUT2D eigenvalue weighted by molar-refractivity contribution is -0.137. The van der Waals surface area contributed by atoms with Crippen LogP contribution in [-0.4, -0.2) is 54.7 Å². The molecule has 1 amide bonds. The number of piperazine rings is 1. The van der Waals surface area contributed by atoms with Gasteiger partial charge in [0.05, 0.1) is 11.1 Å². The van der Waals surface area contributed by atoms with Gasteiger partial charge in [0.1, 0.15) is 12.4 Å². The number of carbonyl (C=O) groups excluding carboxylic acids is 2. The molecule has 4 rings (SSSR count). The fourth-order valence-electron chi connectivity index (χ4n) is 4.09. The summed E-state index contributed by atoms with van der Waals surface area (Å²) in [5, 5.41) is 9.58. The predicted octanol–water partition coefficient (Wildman–Crippen LogP) is 5.12. The lowest BCUT2D eigenvalue weighted by Gasteiger charge is -2.36. The summed E-state index contributed by atoms with van der Waals surface area (Å²) in [6.07, 6.45) is -3.17. The zero-order valence-corrected chi connectivity index (χ0v) is 20.9. The molecule has 0 aliphatic carbocycles. The van der Waals surface area contributed by atoms with Crippen molar-refractivity contribution in [3.8, 4) is 17.6 Å². The highest BCUT2D eigenvalue weighted by molar-refractivity contribution is 5.95. The first-order valence-corrected chi connectivity index (χ1v) is 12.1. The Balaban J connectivity index is 1.47. The Hall–Kier alpha value is -4.71. The van der Waals surface area contributed by atoms with E-state index in [4.69, 9.17) is 4.74 Å². The van der Waals surface area contributed by atoms with Gasteiger partial charge in [0.2, 0.25) is 0 Å². The van der Waals surface area contributed by atoms with Gasteiger partial charge in [0.25, 0.3) is 5.91 Å². The molecule has 0 saturated carbocycles. The van der Waals surface area contributed by atoms with Gasteiger partial charge in [-0.1, -0.05) is 30.6 Å². The van der Waals surface area contributed by atoms with Gasteiger partial charge < -0.3 is 19.6 Å². The minimum atomic E-state index is -4.65. The van der Waals surface area contributed by atoms with Crippen molar-refractivity contribution in [2.45, 2.75) is 6.18 Å². The van der Waals surface area contributed by atoms with Crippen LogP contribution in [0.15, 0.2) is 79.4 Å². The number of carbonyl (C=O) groups is 2. The number of benzene rings is 3. The van der Waals surface area contributed by atoms with E-state index in [0.717, 1.165) is 17.8 Å². The van der Waals surface area contributed by atoms with Gasteiger partial charge >= 0.3 is 12.1 Å².